The van der Waals surface area contributed by atoms with Crippen molar-refractivity contribution in [3.8, 4) is 0 Å². The summed E-state index contributed by atoms with van der Waals surface area (Å²) in [5, 5.41) is 9.01. The highest BCUT2D eigenvalue weighted by Crippen LogP contribution is 2.22. The zero-order valence-electron chi connectivity index (χ0n) is 10.1. The van der Waals surface area contributed by atoms with E-state index in [2.05, 4.69) is 4.98 Å². The zero-order chi connectivity index (χ0) is 13.0. The van der Waals surface area contributed by atoms with Gasteiger partial charge in [-0.1, -0.05) is 0 Å². The van der Waals surface area contributed by atoms with Crippen molar-refractivity contribution in [2.45, 2.75) is 19.9 Å². The first kappa shape index (κ1) is 13.2. The fourth-order valence-electron chi connectivity index (χ4n) is 1.54. The molecule has 94 valence electrons. The van der Waals surface area contributed by atoms with Crippen LogP contribution in [0.25, 0.3) is 0 Å². The summed E-state index contributed by atoms with van der Waals surface area (Å²) < 4.78 is 0. The van der Waals surface area contributed by atoms with Gasteiger partial charge in [-0.25, -0.2) is 4.98 Å². The molecule has 0 spiro atoms. The van der Waals surface area contributed by atoms with Gasteiger partial charge in [0.15, 0.2) is 5.82 Å². The van der Waals surface area contributed by atoms with Gasteiger partial charge in [0.05, 0.1) is 12.3 Å². The molecule has 6 heteroatoms. The number of pyridine rings is 1. The molecular weight excluding hydrogens is 220 g/mol. The van der Waals surface area contributed by atoms with Gasteiger partial charge in [-0.3, -0.25) is 4.79 Å². The van der Waals surface area contributed by atoms with Crippen LogP contribution in [0.15, 0.2) is 12.1 Å². The summed E-state index contributed by atoms with van der Waals surface area (Å²) in [6, 6.07) is 3.19. The van der Waals surface area contributed by atoms with Crippen molar-refractivity contribution < 1.29 is 9.90 Å². The molecule has 0 aliphatic rings. The van der Waals surface area contributed by atoms with Crippen LogP contribution in [-0.4, -0.2) is 35.2 Å². The van der Waals surface area contributed by atoms with Crippen LogP contribution in [0.2, 0.25) is 0 Å². The summed E-state index contributed by atoms with van der Waals surface area (Å²) in [4.78, 5) is 17.0. The van der Waals surface area contributed by atoms with Crippen LogP contribution in [0.1, 0.15) is 24.3 Å². The summed E-state index contributed by atoms with van der Waals surface area (Å²) in [5.41, 5.74) is 11.6. The number of hydrogen-bond donors (Lipinski definition) is 3. The number of primary amides is 1. The minimum Gasteiger partial charge on any atom is -0.396 e. The highest BCUT2D eigenvalue weighted by molar-refractivity contribution is 5.91. The summed E-state index contributed by atoms with van der Waals surface area (Å²) >= 11 is 0. The van der Waals surface area contributed by atoms with Crippen molar-refractivity contribution in [2.75, 3.05) is 23.8 Å². The molecule has 0 saturated carbocycles. The predicted octanol–water partition coefficient (Wildman–Crippen LogP) is -0.0302. The highest BCUT2D eigenvalue weighted by Gasteiger charge is 2.16. The Morgan fingerprint density at radius 2 is 2.18 bits per heavy atom. The van der Waals surface area contributed by atoms with E-state index in [4.69, 9.17) is 16.6 Å². The molecule has 0 aliphatic carbocycles. The summed E-state index contributed by atoms with van der Waals surface area (Å²) in [6.45, 7) is 4.29. The lowest BCUT2D eigenvalue weighted by Crippen LogP contribution is -2.35. The quantitative estimate of drug-likeness (QED) is 0.668. The van der Waals surface area contributed by atoms with E-state index in [1.807, 2.05) is 18.7 Å². The molecule has 0 unspecified atom stereocenters. The maximum absolute atomic E-state index is 11.1. The van der Waals surface area contributed by atoms with Crippen molar-refractivity contribution in [3.05, 3.63) is 17.8 Å². The van der Waals surface area contributed by atoms with Gasteiger partial charge in [0, 0.05) is 12.6 Å². The number of nitrogen functional groups attached to an aromatic ring is 1. The fraction of sp³-hybridized carbons (Fsp3) is 0.455. The Labute approximate surface area is 100 Å². The maximum atomic E-state index is 11.1. The Bertz CT molecular complexity index is 406. The van der Waals surface area contributed by atoms with Crippen LogP contribution in [0.5, 0.6) is 0 Å². The summed E-state index contributed by atoms with van der Waals surface area (Å²) in [6.07, 6.45) is 0. The molecule has 1 aromatic rings. The number of anilines is 2. The topological polar surface area (TPSA) is 105 Å². The van der Waals surface area contributed by atoms with Gasteiger partial charge in [0.2, 0.25) is 0 Å². The first-order valence-corrected chi connectivity index (χ1v) is 5.41. The molecule has 1 heterocycles. The largest absolute Gasteiger partial charge is 0.396 e. The van der Waals surface area contributed by atoms with Gasteiger partial charge in [0.1, 0.15) is 5.69 Å². The predicted molar refractivity (Wildman–Crippen MR) is 66.7 cm³/mol. The van der Waals surface area contributed by atoms with Crippen LogP contribution >= 0.6 is 0 Å². The summed E-state index contributed by atoms with van der Waals surface area (Å²) in [7, 11) is 0. The van der Waals surface area contributed by atoms with E-state index in [1.54, 1.807) is 6.07 Å². The number of rotatable bonds is 5. The summed E-state index contributed by atoms with van der Waals surface area (Å²) in [5.74, 6) is -0.121. The molecule has 0 bridgehead atoms. The van der Waals surface area contributed by atoms with Crippen molar-refractivity contribution in [2.24, 2.45) is 5.73 Å². The van der Waals surface area contributed by atoms with Crippen molar-refractivity contribution >= 4 is 17.4 Å². The average Bonchev–Trinajstić information content (AvgIpc) is 2.26. The Morgan fingerprint density at radius 1 is 1.53 bits per heavy atom. The number of carbonyl (C=O) groups excluding carboxylic acids is 1. The number of amides is 1. The Kier molecular flexibility index (Phi) is 4.28. The molecule has 0 fully saturated rings. The van der Waals surface area contributed by atoms with Crippen molar-refractivity contribution in [1.82, 2.24) is 4.98 Å². The lowest BCUT2D eigenvalue weighted by Gasteiger charge is -2.28. The fourth-order valence-corrected chi connectivity index (χ4v) is 1.54. The van der Waals surface area contributed by atoms with Gasteiger partial charge in [-0.05, 0) is 26.0 Å². The van der Waals surface area contributed by atoms with Crippen LogP contribution in [0.3, 0.4) is 0 Å². The molecule has 0 radical (unpaired) electrons. The van der Waals surface area contributed by atoms with Crippen molar-refractivity contribution in [3.63, 3.8) is 0 Å². The van der Waals surface area contributed by atoms with Crippen LogP contribution in [-0.2, 0) is 0 Å². The van der Waals surface area contributed by atoms with Crippen LogP contribution in [0, 0.1) is 0 Å². The molecular formula is C11H18N4O2. The third kappa shape index (κ3) is 3.07. The molecule has 6 nitrogen and oxygen atoms in total. The average molecular weight is 238 g/mol. The van der Waals surface area contributed by atoms with Gasteiger partial charge in [-0.2, -0.15) is 0 Å². The molecule has 17 heavy (non-hydrogen) atoms. The third-order valence-electron chi connectivity index (χ3n) is 2.39. The second kappa shape index (κ2) is 5.49. The van der Waals surface area contributed by atoms with E-state index >= 15 is 0 Å². The number of aliphatic hydroxyl groups excluding tert-OH is 1. The van der Waals surface area contributed by atoms with Gasteiger partial charge in [0.25, 0.3) is 5.91 Å². The normalized spacial score (nSPS) is 10.6. The van der Waals surface area contributed by atoms with Gasteiger partial charge >= 0.3 is 0 Å². The molecule has 0 saturated heterocycles. The van der Waals surface area contributed by atoms with E-state index in [9.17, 15) is 4.79 Å². The standard InChI is InChI=1S/C11H18N4O2/c1-7(2)15(5-6-16)11-8(12)3-4-9(14-11)10(13)17/h3-4,7,16H,5-6,12H2,1-2H3,(H2,13,17). The number of nitrogens with zero attached hydrogens (tertiary/aromatic N) is 2. The van der Waals surface area contributed by atoms with E-state index in [0.717, 1.165) is 0 Å². The minimum absolute atomic E-state index is 0.0138. The number of carbonyl (C=O) groups is 1. The van der Waals surface area contributed by atoms with Gasteiger partial charge in [-0.15, -0.1) is 0 Å². The second-order valence-electron chi connectivity index (χ2n) is 3.98. The molecule has 1 amide bonds. The SMILES string of the molecule is CC(C)N(CCO)c1nc(C(N)=O)ccc1N. The number of nitrogens with two attached hydrogens (primary N) is 2. The molecule has 1 rings (SSSR count). The van der Waals surface area contributed by atoms with E-state index < -0.39 is 5.91 Å². The molecule has 0 aliphatic heterocycles. The second-order valence-corrected chi connectivity index (χ2v) is 3.98. The van der Waals surface area contributed by atoms with E-state index in [1.165, 1.54) is 6.07 Å². The third-order valence-corrected chi connectivity index (χ3v) is 2.39. The Hall–Kier alpha value is -1.82. The first-order chi connectivity index (χ1) is 7.97. The monoisotopic (exact) mass is 238 g/mol. The minimum atomic E-state index is -0.598. The molecule has 1 aromatic heterocycles. The lowest BCUT2D eigenvalue weighted by molar-refractivity contribution is 0.0995. The maximum Gasteiger partial charge on any atom is 0.267 e. The van der Waals surface area contributed by atoms with Crippen molar-refractivity contribution in [1.29, 1.82) is 0 Å². The molecule has 0 atom stereocenters. The highest BCUT2D eigenvalue weighted by atomic mass is 16.3. The number of aromatic nitrogens is 1. The van der Waals surface area contributed by atoms with E-state index in [0.29, 0.717) is 18.1 Å². The lowest BCUT2D eigenvalue weighted by atomic mass is 10.2. The number of aliphatic hydroxyl groups is 1. The zero-order valence-corrected chi connectivity index (χ0v) is 10.1. The van der Waals surface area contributed by atoms with Crippen LogP contribution < -0.4 is 16.4 Å². The number of hydrogen-bond acceptors (Lipinski definition) is 5. The van der Waals surface area contributed by atoms with E-state index in [-0.39, 0.29) is 18.3 Å². The Morgan fingerprint density at radius 3 is 2.65 bits per heavy atom. The first-order valence-electron chi connectivity index (χ1n) is 5.41. The Balaban J connectivity index is 3.16. The van der Waals surface area contributed by atoms with Gasteiger partial charge < -0.3 is 21.5 Å². The smallest absolute Gasteiger partial charge is 0.267 e. The molecule has 0 aromatic carbocycles. The molecule has 5 N–H and O–H groups in total. The van der Waals surface area contributed by atoms with Crippen LogP contribution in [0.4, 0.5) is 11.5 Å².